The molecule has 0 radical (unpaired) electrons. The molecule has 0 aromatic heterocycles. The van der Waals surface area contributed by atoms with Crippen LogP contribution in [0.15, 0.2) is 59.0 Å². The minimum Gasteiger partial charge on any atom is -0.545 e. The van der Waals surface area contributed by atoms with Gasteiger partial charge in [-0.05, 0) is 56.4 Å². The van der Waals surface area contributed by atoms with Crippen LogP contribution >= 0.6 is 0 Å². The molecule has 2 fully saturated rings. The minimum absolute atomic E-state index is 0.0372. The summed E-state index contributed by atoms with van der Waals surface area (Å²) in [6.45, 7) is 10.2. The van der Waals surface area contributed by atoms with E-state index in [1.54, 1.807) is 12.1 Å². The van der Waals surface area contributed by atoms with Gasteiger partial charge >= 0.3 is 0 Å². The van der Waals surface area contributed by atoms with E-state index in [0.29, 0.717) is 29.0 Å². The first-order valence-electron chi connectivity index (χ1n) is 15.7. The van der Waals surface area contributed by atoms with Gasteiger partial charge in [-0.1, -0.05) is 19.4 Å². The highest BCUT2D eigenvalue weighted by atomic mass is 16.4. The van der Waals surface area contributed by atoms with Gasteiger partial charge in [-0.3, -0.25) is 9.69 Å². The Morgan fingerprint density at radius 2 is 1.64 bits per heavy atom. The third-order valence-electron chi connectivity index (χ3n) is 9.01. The normalized spacial score (nSPS) is 16.5. The average molecular weight is 596 g/mol. The molecule has 1 aliphatic carbocycles. The zero-order valence-corrected chi connectivity index (χ0v) is 25.9. The Bertz CT molecular complexity index is 1730. The summed E-state index contributed by atoms with van der Waals surface area (Å²) in [4.78, 5) is 32.6. The zero-order chi connectivity index (χ0) is 30.8. The summed E-state index contributed by atoms with van der Waals surface area (Å²) in [5, 5.41) is 17.3. The van der Waals surface area contributed by atoms with Crippen molar-refractivity contribution in [1.82, 2.24) is 19.7 Å². The van der Waals surface area contributed by atoms with Crippen molar-refractivity contribution in [2.75, 3.05) is 77.9 Å². The minimum atomic E-state index is -1.29. The number of hydrogen-bond acceptors (Lipinski definition) is 7. The van der Waals surface area contributed by atoms with Gasteiger partial charge in [0, 0.05) is 78.2 Å². The predicted molar refractivity (Wildman–Crippen MR) is 172 cm³/mol. The predicted octanol–water partition coefficient (Wildman–Crippen LogP) is 2.57. The summed E-state index contributed by atoms with van der Waals surface area (Å²) in [5.41, 5.74) is 4.13. The molecule has 3 heterocycles. The Morgan fingerprint density at radius 3 is 2.36 bits per heavy atom. The van der Waals surface area contributed by atoms with Crippen LogP contribution in [0.4, 0.5) is 5.69 Å². The van der Waals surface area contributed by atoms with Crippen molar-refractivity contribution < 1.29 is 19.1 Å². The second kappa shape index (κ2) is 12.8. The number of likely N-dealkylation sites (N-methyl/N-ethyl adjacent to an activating group) is 2. The highest BCUT2D eigenvalue weighted by Crippen LogP contribution is 2.42. The van der Waals surface area contributed by atoms with Gasteiger partial charge in [0.1, 0.15) is 11.3 Å². The molecule has 0 spiro atoms. The van der Waals surface area contributed by atoms with Crippen LogP contribution in [0, 0.1) is 0 Å². The molecule has 0 saturated carbocycles. The molecule has 9 heteroatoms. The SMILES string of the molecule is CCCCNC(=O)c1ccc(C(=O)[O-])c(-c2c3ccc(=[N+]4CCN(C)CC4)cc-3oc3cc(N4CCN(C)CC4)ccc23)c1. The van der Waals surface area contributed by atoms with Gasteiger partial charge in [-0.25, -0.2) is 4.58 Å². The highest BCUT2D eigenvalue weighted by Gasteiger charge is 2.24. The number of benzene rings is 3. The molecule has 1 amide bonds. The average Bonchev–Trinajstić information content (AvgIpc) is 3.03. The lowest BCUT2D eigenvalue weighted by atomic mass is 9.89. The van der Waals surface area contributed by atoms with Crippen molar-refractivity contribution in [3.05, 3.63) is 71.1 Å². The van der Waals surface area contributed by atoms with Crippen molar-refractivity contribution in [1.29, 1.82) is 0 Å². The maximum Gasteiger partial charge on any atom is 0.251 e. The van der Waals surface area contributed by atoms with E-state index < -0.39 is 5.97 Å². The quantitative estimate of drug-likeness (QED) is 0.199. The molecule has 6 rings (SSSR count). The Hall–Kier alpha value is -4.21. The Kier molecular flexibility index (Phi) is 8.68. The monoisotopic (exact) mass is 595 g/mol. The lowest BCUT2D eigenvalue weighted by Crippen LogP contribution is -2.46. The summed E-state index contributed by atoms with van der Waals surface area (Å²) in [5.74, 6) is -0.849. The fraction of sp³-hybridized carbons (Fsp3) is 0.400. The number of carbonyl (C=O) groups excluding carboxylic acids is 2. The van der Waals surface area contributed by atoms with Crippen LogP contribution in [0.1, 0.15) is 40.5 Å². The van der Waals surface area contributed by atoms with Crippen molar-refractivity contribution >= 4 is 28.5 Å². The number of hydrogen-bond donors (Lipinski definition) is 1. The molecule has 9 nitrogen and oxygen atoms in total. The number of carbonyl (C=O) groups is 2. The summed E-state index contributed by atoms with van der Waals surface area (Å²) in [6.07, 6.45) is 1.84. The van der Waals surface area contributed by atoms with Gasteiger partial charge in [-0.15, -0.1) is 0 Å². The molecule has 0 unspecified atom stereocenters. The number of piperazine rings is 2. The fourth-order valence-corrected chi connectivity index (χ4v) is 6.23. The number of aromatic carboxylic acids is 1. The summed E-state index contributed by atoms with van der Waals surface area (Å²) in [7, 11) is 4.27. The van der Waals surface area contributed by atoms with Crippen LogP contribution in [0.25, 0.3) is 33.4 Å². The lowest BCUT2D eigenvalue weighted by molar-refractivity contribution is -0.254. The highest BCUT2D eigenvalue weighted by molar-refractivity contribution is 6.09. The number of amides is 1. The van der Waals surface area contributed by atoms with Crippen LogP contribution in [-0.2, 0) is 0 Å². The van der Waals surface area contributed by atoms with Crippen LogP contribution in [0.2, 0.25) is 0 Å². The van der Waals surface area contributed by atoms with Gasteiger partial charge in [0.2, 0.25) is 5.36 Å². The molecule has 2 saturated heterocycles. The standard InChI is InChI=1S/C35H41N5O4/c1-4-5-12-36-34(41)24-6-9-27(35(42)43)30(21-24)33-28-10-7-25(39-17-13-37(2)14-18-39)22-31(28)44-32-23-26(8-11-29(32)33)40-19-15-38(3)16-20-40/h6-11,21-23H,4-5,12-20H2,1-3H3,(H-,36,41,42,43). The van der Waals surface area contributed by atoms with Crippen LogP contribution in [0.5, 0.6) is 0 Å². The lowest BCUT2D eigenvalue weighted by Gasteiger charge is -2.34. The third kappa shape index (κ3) is 6.07. The van der Waals surface area contributed by atoms with Gasteiger partial charge < -0.3 is 29.4 Å². The van der Waals surface area contributed by atoms with Crippen molar-refractivity contribution in [3.63, 3.8) is 0 Å². The number of fused-ring (bicyclic) bond motifs is 2. The smallest absolute Gasteiger partial charge is 0.251 e. The van der Waals surface area contributed by atoms with Crippen molar-refractivity contribution in [3.8, 4) is 22.5 Å². The molecule has 230 valence electrons. The Morgan fingerprint density at radius 1 is 0.886 bits per heavy atom. The maximum atomic E-state index is 13.1. The molecule has 0 bridgehead atoms. The van der Waals surface area contributed by atoms with E-state index in [1.165, 1.54) is 6.07 Å². The van der Waals surface area contributed by atoms with E-state index >= 15 is 0 Å². The molecule has 2 aromatic rings. The first-order valence-corrected chi connectivity index (χ1v) is 15.7. The molecule has 2 aromatic carbocycles. The van der Waals surface area contributed by atoms with Gasteiger partial charge in [0.15, 0.2) is 13.1 Å². The van der Waals surface area contributed by atoms with E-state index in [9.17, 15) is 14.7 Å². The summed E-state index contributed by atoms with van der Waals surface area (Å²) >= 11 is 0. The molecule has 3 aliphatic heterocycles. The van der Waals surface area contributed by atoms with E-state index in [4.69, 9.17) is 4.42 Å². The molecular weight excluding hydrogens is 554 g/mol. The third-order valence-corrected chi connectivity index (χ3v) is 9.01. The number of unbranched alkanes of at least 4 members (excludes halogenated alkanes) is 1. The summed E-state index contributed by atoms with van der Waals surface area (Å²) in [6, 6.07) is 17.0. The van der Waals surface area contributed by atoms with Gasteiger partial charge in [0.05, 0.1) is 25.1 Å². The second-order valence-electron chi connectivity index (χ2n) is 12.1. The molecular formula is C35H41N5O4. The number of rotatable bonds is 7. The topological polar surface area (TPSA) is 95.1 Å². The molecule has 44 heavy (non-hydrogen) atoms. The molecule has 4 aliphatic rings. The largest absolute Gasteiger partial charge is 0.545 e. The Labute approximate surface area is 258 Å². The molecule has 0 atom stereocenters. The zero-order valence-electron chi connectivity index (χ0n) is 25.9. The Balaban J connectivity index is 1.56. The van der Waals surface area contributed by atoms with E-state index in [1.807, 2.05) is 12.1 Å². The van der Waals surface area contributed by atoms with Gasteiger partial charge in [0.25, 0.3) is 5.91 Å². The van der Waals surface area contributed by atoms with E-state index in [0.717, 1.165) is 92.8 Å². The first-order chi connectivity index (χ1) is 21.3. The molecule has 1 N–H and O–H groups in total. The first kappa shape index (κ1) is 29.8. The second-order valence-corrected chi connectivity index (χ2v) is 12.1. The fourth-order valence-electron chi connectivity index (χ4n) is 6.23. The summed E-state index contributed by atoms with van der Waals surface area (Å²) < 4.78 is 9.00. The van der Waals surface area contributed by atoms with E-state index in [-0.39, 0.29) is 11.5 Å². The van der Waals surface area contributed by atoms with E-state index in [2.05, 4.69) is 69.9 Å². The number of nitrogens with zero attached hydrogens (tertiary/aromatic N) is 4. The van der Waals surface area contributed by atoms with Crippen molar-refractivity contribution in [2.45, 2.75) is 19.8 Å². The number of nitrogens with one attached hydrogen (secondary N) is 1. The van der Waals surface area contributed by atoms with Gasteiger partial charge in [-0.2, -0.15) is 0 Å². The number of anilines is 1. The van der Waals surface area contributed by atoms with Crippen LogP contribution in [0.3, 0.4) is 0 Å². The van der Waals surface area contributed by atoms with Crippen LogP contribution in [-0.4, -0.2) is 94.7 Å². The number of carboxylic acids is 1. The number of carboxylic acid groups (broad SMARTS) is 1. The van der Waals surface area contributed by atoms with Crippen LogP contribution < -0.4 is 25.3 Å². The van der Waals surface area contributed by atoms with Crippen molar-refractivity contribution in [2.24, 2.45) is 0 Å². The maximum absolute atomic E-state index is 13.1.